The van der Waals surface area contributed by atoms with Crippen LogP contribution in [-0.4, -0.2) is 53.1 Å². The van der Waals surface area contributed by atoms with Crippen LogP contribution in [0.15, 0.2) is 0 Å². The number of hydrogen-bond acceptors (Lipinski definition) is 3. The first kappa shape index (κ1) is 18.2. The topological polar surface area (TPSA) is 98.7 Å². The molecule has 0 unspecified atom stereocenters. The van der Waals surface area contributed by atoms with Crippen molar-refractivity contribution in [3.63, 3.8) is 0 Å². The molecule has 7 heteroatoms. The average molecular weight is 287 g/mol. The summed E-state index contributed by atoms with van der Waals surface area (Å²) in [7, 11) is 0. The molecule has 7 nitrogen and oxygen atoms in total. The van der Waals surface area contributed by atoms with E-state index in [2.05, 4.69) is 10.6 Å². The molecule has 116 valence electrons. The highest BCUT2D eigenvalue weighted by atomic mass is 16.4. The summed E-state index contributed by atoms with van der Waals surface area (Å²) in [6.45, 7) is 8.35. The molecule has 0 rings (SSSR count). The molecule has 0 aliphatic heterocycles. The lowest BCUT2D eigenvalue weighted by Crippen LogP contribution is -2.50. The molecule has 0 radical (unpaired) electrons. The van der Waals surface area contributed by atoms with E-state index in [0.717, 1.165) is 0 Å². The Morgan fingerprint density at radius 2 is 1.70 bits per heavy atom. The van der Waals surface area contributed by atoms with Crippen molar-refractivity contribution < 1.29 is 19.5 Å². The molecule has 0 saturated carbocycles. The summed E-state index contributed by atoms with van der Waals surface area (Å²) >= 11 is 0. The second kappa shape index (κ2) is 8.39. The SMILES string of the molecule is CCN(CC)C(=O)CNC(=O)NC(C)(C)CCC(=O)O. The molecule has 0 heterocycles. The molecular formula is C13H25N3O4. The van der Waals surface area contributed by atoms with Gasteiger partial charge in [0.2, 0.25) is 5.91 Å². The molecule has 20 heavy (non-hydrogen) atoms. The van der Waals surface area contributed by atoms with Gasteiger partial charge < -0.3 is 20.6 Å². The standard InChI is InChI=1S/C13H25N3O4/c1-5-16(6-2)10(17)9-14-12(20)15-13(3,4)8-7-11(18)19/h5-9H2,1-4H3,(H,18,19)(H2,14,15,20). The number of rotatable bonds is 8. The van der Waals surface area contributed by atoms with Gasteiger partial charge in [-0.2, -0.15) is 0 Å². The molecule has 0 fully saturated rings. The number of carbonyl (C=O) groups excluding carboxylic acids is 2. The minimum absolute atomic E-state index is 0.0222. The third-order valence-electron chi connectivity index (χ3n) is 2.93. The lowest BCUT2D eigenvalue weighted by Gasteiger charge is -2.26. The molecule has 0 aliphatic rings. The number of amides is 3. The van der Waals surface area contributed by atoms with E-state index in [1.165, 1.54) is 0 Å². The first-order chi connectivity index (χ1) is 9.21. The Labute approximate surface area is 119 Å². The number of carbonyl (C=O) groups is 3. The van der Waals surface area contributed by atoms with Gasteiger partial charge in [0.15, 0.2) is 0 Å². The van der Waals surface area contributed by atoms with Gasteiger partial charge in [0.25, 0.3) is 0 Å². The van der Waals surface area contributed by atoms with Crippen molar-refractivity contribution in [3.05, 3.63) is 0 Å². The summed E-state index contributed by atoms with van der Waals surface area (Å²) in [5, 5.41) is 13.8. The zero-order valence-electron chi connectivity index (χ0n) is 12.7. The summed E-state index contributed by atoms with van der Waals surface area (Å²) in [4.78, 5) is 35.5. The van der Waals surface area contributed by atoms with E-state index in [9.17, 15) is 14.4 Å². The van der Waals surface area contributed by atoms with Crippen molar-refractivity contribution in [2.45, 2.75) is 46.1 Å². The van der Waals surface area contributed by atoms with E-state index in [4.69, 9.17) is 5.11 Å². The van der Waals surface area contributed by atoms with Crippen LogP contribution in [0.1, 0.15) is 40.5 Å². The van der Waals surface area contributed by atoms with Gasteiger partial charge in [0.05, 0.1) is 6.54 Å². The molecule has 0 atom stereocenters. The maximum Gasteiger partial charge on any atom is 0.315 e. The molecule has 0 aromatic rings. The number of urea groups is 1. The van der Waals surface area contributed by atoms with Crippen molar-refractivity contribution in [2.75, 3.05) is 19.6 Å². The Hall–Kier alpha value is -1.79. The summed E-state index contributed by atoms with van der Waals surface area (Å²) in [6.07, 6.45) is 0.297. The van der Waals surface area contributed by atoms with E-state index in [1.807, 2.05) is 13.8 Å². The van der Waals surface area contributed by atoms with Gasteiger partial charge in [0, 0.05) is 25.0 Å². The molecule has 0 spiro atoms. The number of nitrogens with zero attached hydrogens (tertiary/aromatic N) is 1. The third kappa shape index (κ3) is 7.60. The Morgan fingerprint density at radius 1 is 1.15 bits per heavy atom. The normalized spacial score (nSPS) is 10.8. The minimum atomic E-state index is -0.906. The highest BCUT2D eigenvalue weighted by Crippen LogP contribution is 2.10. The molecule has 3 N–H and O–H groups in total. The third-order valence-corrected chi connectivity index (χ3v) is 2.93. The van der Waals surface area contributed by atoms with E-state index in [1.54, 1.807) is 18.7 Å². The van der Waals surface area contributed by atoms with Crippen LogP contribution in [-0.2, 0) is 9.59 Å². The summed E-state index contributed by atoms with van der Waals surface area (Å²) in [6, 6.07) is -0.471. The number of carboxylic acid groups (broad SMARTS) is 1. The van der Waals surface area contributed by atoms with Gasteiger partial charge in [-0.05, 0) is 34.1 Å². The maximum atomic E-state index is 11.7. The zero-order chi connectivity index (χ0) is 15.8. The Kier molecular flexibility index (Phi) is 7.64. The lowest BCUT2D eigenvalue weighted by molar-refractivity contribution is -0.137. The van der Waals surface area contributed by atoms with Crippen molar-refractivity contribution in [3.8, 4) is 0 Å². The number of hydrogen-bond donors (Lipinski definition) is 3. The molecule has 3 amide bonds. The van der Waals surface area contributed by atoms with Gasteiger partial charge >= 0.3 is 12.0 Å². The lowest BCUT2D eigenvalue weighted by atomic mass is 9.99. The minimum Gasteiger partial charge on any atom is -0.481 e. The first-order valence-electron chi connectivity index (χ1n) is 6.77. The van der Waals surface area contributed by atoms with E-state index in [0.29, 0.717) is 19.5 Å². The quantitative estimate of drug-likeness (QED) is 0.615. The second-order valence-corrected chi connectivity index (χ2v) is 5.15. The predicted octanol–water partition coefficient (Wildman–Crippen LogP) is 0.797. The van der Waals surface area contributed by atoms with Crippen LogP contribution >= 0.6 is 0 Å². The van der Waals surface area contributed by atoms with Gasteiger partial charge in [-0.1, -0.05) is 0 Å². The Bertz CT molecular complexity index is 352. The van der Waals surface area contributed by atoms with Gasteiger partial charge in [-0.15, -0.1) is 0 Å². The first-order valence-corrected chi connectivity index (χ1v) is 6.77. The summed E-state index contributed by atoms with van der Waals surface area (Å²) in [5.41, 5.74) is -0.638. The molecular weight excluding hydrogens is 262 g/mol. The second-order valence-electron chi connectivity index (χ2n) is 5.15. The fourth-order valence-corrected chi connectivity index (χ4v) is 1.68. The van der Waals surface area contributed by atoms with Crippen LogP contribution in [0, 0.1) is 0 Å². The van der Waals surface area contributed by atoms with Crippen molar-refractivity contribution in [2.24, 2.45) is 0 Å². The van der Waals surface area contributed by atoms with Crippen LogP contribution in [0.25, 0.3) is 0 Å². The largest absolute Gasteiger partial charge is 0.481 e. The summed E-state index contributed by atoms with van der Waals surface area (Å²) < 4.78 is 0. The van der Waals surface area contributed by atoms with Gasteiger partial charge in [-0.25, -0.2) is 4.79 Å². The summed E-state index contributed by atoms with van der Waals surface area (Å²) in [5.74, 6) is -1.05. The van der Waals surface area contributed by atoms with E-state index < -0.39 is 17.5 Å². The molecule has 0 bridgehead atoms. The van der Waals surface area contributed by atoms with Crippen LogP contribution in [0.4, 0.5) is 4.79 Å². The Balaban J connectivity index is 4.16. The van der Waals surface area contributed by atoms with E-state index >= 15 is 0 Å². The highest BCUT2D eigenvalue weighted by molar-refractivity contribution is 5.84. The number of carboxylic acids is 1. The van der Waals surface area contributed by atoms with Crippen molar-refractivity contribution >= 4 is 17.9 Å². The number of nitrogens with one attached hydrogen (secondary N) is 2. The van der Waals surface area contributed by atoms with E-state index in [-0.39, 0.29) is 18.9 Å². The van der Waals surface area contributed by atoms with Crippen LogP contribution < -0.4 is 10.6 Å². The van der Waals surface area contributed by atoms with Gasteiger partial charge in [0.1, 0.15) is 0 Å². The smallest absolute Gasteiger partial charge is 0.315 e. The fourth-order valence-electron chi connectivity index (χ4n) is 1.68. The van der Waals surface area contributed by atoms with Crippen molar-refractivity contribution in [1.82, 2.24) is 15.5 Å². The average Bonchev–Trinajstić information content (AvgIpc) is 2.35. The van der Waals surface area contributed by atoms with Crippen LogP contribution in [0.3, 0.4) is 0 Å². The molecule has 0 aromatic heterocycles. The monoisotopic (exact) mass is 287 g/mol. The van der Waals surface area contributed by atoms with Crippen LogP contribution in [0.2, 0.25) is 0 Å². The number of aliphatic carboxylic acids is 1. The predicted molar refractivity (Wildman–Crippen MR) is 75.4 cm³/mol. The van der Waals surface area contributed by atoms with Crippen LogP contribution in [0.5, 0.6) is 0 Å². The number of likely N-dealkylation sites (N-methyl/N-ethyl adjacent to an activating group) is 1. The molecule has 0 aliphatic carbocycles. The fraction of sp³-hybridized carbons (Fsp3) is 0.769. The maximum absolute atomic E-state index is 11.7. The van der Waals surface area contributed by atoms with Gasteiger partial charge in [-0.3, -0.25) is 9.59 Å². The Morgan fingerprint density at radius 3 is 2.15 bits per heavy atom. The molecule has 0 saturated heterocycles. The zero-order valence-corrected chi connectivity index (χ0v) is 12.7. The highest BCUT2D eigenvalue weighted by Gasteiger charge is 2.22. The molecule has 0 aromatic carbocycles. The van der Waals surface area contributed by atoms with Crippen molar-refractivity contribution in [1.29, 1.82) is 0 Å².